The van der Waals surface area contributed by atoms with Gasteiger partial charge in [0.15, 0.2) is 0 Å². The summed E-state index contributed by atoms with van der Waals surface area (Å²) in [6.45, 7) is 2.56. The summed E-state index contributed by atoms with van der Waals surface area (Å²) in [4.78, 5) is 0. The number of nitrogens with one attached hydrogen (secondary N) is 1. The Bertz CT molecular complexity index is 436. The highest BCUT2D eigenvalue weighted by Crippen LogP contribution is 2.48. The molecule has 2 aliphatic rings. The molecule has 1 aliphatic heterocycles. The first kappa shape index (κ1) is 11.8. The van der Waals surface area contributed by atoms with Crippen LogP contribution in [0.3, 0.4) is 0 Å². The molecule has 18 heavy (non-hydrogen) atoms. The van der Waals surface area contributed by atoms with Crippen molar-refractivity contribution in [2.75, 3.05) is 19.7 Å². The minimum atomic E-state index is -4.31. The second kappa shape index (κ2) is 4.16. The van der Waals surface area contributed by atoms with Crippen molar-refractivity contribution in [1.29, 1.82) is 0 Å². The molecule has 1 saturated carbocycles. The number of alkyl halides is 3. The Kier molecular flexibility index (Phi) is 2.73. The van der Waals surface area contributed by atoms with Crippen LogP contribution in [0, 0.1) is 17.8 Å². The molecular weight excluding hydrogens is 243 g/mol. The summed E-state index contributed by atoms with van der Waals surface area (Å²) in [6.07, 6.45) is -4.31. The number of rotatable bonds is 3. The average molecular weight is 257 g/mol. The van der Waals surface area contributed by atoms with Crippen LogP contribution >= 0.6 is 0 Å². The standard InChI is InChI=1S/C13H14F3NO/c14-13(15,16)8-2-1-3-9(4-8)18-7-12-10-5-17-6-11(10)12/h1-4,10-12,17H,5-7H2. The lowest BCUT2D eigenvalue weighted by Crippen LogP contribution is -2.17. The zero-order valence-electron chi connectivity index (χ0n) is 9.70. The highest BCUT2D eigenvalue weighted by molar-refractivity contribution is 5.30. The van der Waals surface area contributed by atoms with E-state index in [-0.39, 0.29) is 0 Å². The van der Waals surface area contributed by atoms with E-state index >= 15 is 0 Å². The van der Waals surface area contributed by atoms with Crippen molar-refractivity contribution in [2.24, 2.45) is 17.8 Å². The molecule has 0 radical (unpaired) electrons. The van der Waals surface area contributed by atoms with Gasteiger partial charge in [-0.2, -0.15) is 13.2 Å². The monoisotopic (exact) mass is 257 g/mol. The summed E-state index contributed by atoms with van der Waals surface area (Å²) >= 11 is 0. The molecular formula is C13H14F3NO. The number of fused-ring (bicyclic) bond motifs is 1. The SMILES string of the molecule is FC(F)(F)c1cccc(OCC2C3CNCC32)c1. The van der Waals surface area contributed by atoms with Gasteiger partial charge in [-0.1, -0.05) is 6.07 Å². The summed E-state index contributed by atoms with van der Waals surface area (Å²) in [5.74, 6) is 2.15. The van der Waals surface area contributed by atoms with Crippen molar-refractivity contribution < 1.29 is 17.9 Å². The molecule has 1 saturated heterocycles. The predicted molar refractivity (Wildman–Crippen MR) is 60.3 cm³/mol. The van der Waals surface area contributed by atoms with Crippen molar-refractivity contribution in [1.82, 2.24) is 5.32 Å². The Morgan fingerprint density at radius 1 is 1.22 bits per heavy atom. The first-order valence-corrected chi connectivity index (χ1v) is 6.06. The third kappa shape index (κ3) is 2.19. The first-order valence-electron chi connectivity index (χ1n) is 6.06. The summed E-state index contributed by atoms with van der Waals surface area (Å²) < 4.78 is 43.0. The molecule has 3 rings (SSSR count). The lowest BCUT2D eigenvalue weighted by molar-refractivity contribution is -0.137. The Balaban J connectivity index is 1.60. The van der Waals surface area contributed by atoms with Crippen molar-refractivity contribution in [3.8, 4) is 5.75 Å². The molecule has 0 spiro atoms. The van der Waals surface area contributed by atoms with Crippen LogP contribution in [0.2, 0.25) is 0 Å². The molecule has 0 bridgehead atoms. The maximum Gasteiger partial charge on any atom is 0.416 e. The summed E-state index contributed by atoms with van der Waals surface area (Å²) in [5.41, 5.74) is -0.655. The first-order chi connectivity index (χ1) is 8.55. The highest BCUT2D eigenvalue weighted by Gasteiger charge is 2.52. The molecule has 1 heterocycles. The van der Waals surface area contributed by atoms with E-state index in [0.717, 1.165) is 25.2 Å². The fraction of sp³-hybridized carbons (Fsp3) is 0.538. The predicted octanol–water partition coefficient (Wildman–Crippen LogP) is 2.55. The number of hydrogen-bond donors (Lipinski definition) is 1. The molecule has 5 heteroatoms. The van der Waals surface area contributed by atoms with Gasteiger partial charge in [-0.15, -0.1) is 0 Å². The normalized spacial score (nSPS) is 30.1. The number of benzene rings is 1. The fourth-order valence-electron chi connectivity index (χ4n) is 2.75. The second-order valence-electron chi connectivity index (χ2n) is 4.99. The second-order valence-corrected chi connectivity index (χ2v) is 4.99. The summed E-state index contributed by atoms with van der Waals surface area (Å²) in [7, 11) is 0. The van der Waals surface area contributed by atoms with Gasteiger partial charge in [-0.25, -0.2) is 0 Å². The van der Waals surface area contributed by atoms with Crippen LogP contribution in [0.15, 0.2) is 24.3 Å². The molecule has 2 unspecified atom stereocenters. The van der Waals surface area contributed by atoms with Crippen LogP contribution in [0.4, 0.5) is 13.2 Å². The van der Waals surface area contributed by atoms with E-state index in [2.05, 4.69) is 5.32 Å². The van der Waals surface area contributed by atoms with Gasteiger partial charge in [0.05, 0.1) is 12.2 Å². The van der Waals surface area contributed by atoms with Crippen molar-refractivity contribution >= 4 is 0 Å². The topological polar surface area (TPSA) is 21.3 Å². The number of hydrogen-bond acceptors (Lipinski definition) is 2. The quantitative estimate of drug-likeness (QED) is 0.898. The zero-order chi connectivity index (χ0) is 12.8. The molecule has 0 aromatic heterocycles. The Hall–Kier alpha value is -1.23. The third-order valence-electron chi connectivity index (χ3n) is 3.87. The van der Waals surface area contributed by atoms with E-state index in [9.17, 15) is 13.2 Å². The van der Waals surface area contributed by atoms with Crippen molar-refractivity contribution in [3.63, 3.8) is 0 Å². The van der Waals surface area contributed by atoms with Crippen molar-refractivity contribution in [2.45, 2.75) is 6.18 Å². The molecule has 0 amide bonds. The Morgan fingerprint density at radius 2 is 1.94 bits per heavy atom. The minimum absolute atomic E-state index is 0.308. The number of halogens is 3. The van der Waals surface area contributed by atoms with Crippen LogP contribution in [0.1, 0.15) is 5.56 Å². The molecule has 1 aromatic carbocycles. The lowest BCUT2D eigenvalue weighted by Gasteiger charge is -2.11. The molecule has 2 fully saturated rings. The zero-order valence-corrected chi connectivity index (χ0v) is 9.70. The van der Waals surface area contributed by atoms with Gasteiger partial charge in [0, 0.05) is 5.92 Å². The fourth-order valence-corrected chi connectivity index (χ4v) is 2.75. The Morgan fingerprint density at radius 3 is 2.61 bits per heavy atom. The van der Waals surface area contributed by atoms with Gasteiger partial charge in [-0.3, -0.25) is 0 Å². The largest absolute Gasteiger partial charge is 0.493 e. The van der Waals surface area contributed by atoms with Gasteiger partial charge >= 0.3 is 6.18 Å². The average Bonchev–Trinajstić information content (AvgIpc) is 2.77. The summed E-state index contributed by atoms with van der Waals surface area (Å²) in [5, 5.41) is 3.27. The molecule has 1 aliphatic carbocycles. The van der Waals surface area contributed by atoms with E-state index in [1.165, 1.54) is 6.07 Å². The molecule has 98 valence electrons. The Labute approximate surface area is 103 Å². The summed E-state index contributed by atoms with van der Waals surface area (Å²) in [6, 6.07) is 5.08. The van der Waals surface area contributed by atoms with E-state index in [1.54, 1.807) is 6.07 Å². The van der Waals surface area contributed by atoms with Crippen molar-refractivity contribution in [3.05, 3.63) is 29.8 Å². The highest BCUT2D eigenvalue weighted by atomic mass is 19.4. The third-order valence-corrected chi connectivity index (χ3v) is 3.87. The van der Waals surface area contributed by atoms with Gasteiger partial charge in [0.25, 0.3) is 0 Å². The van der Waals surface area contributed by atoms with Crippen LogP contribution in [-0.4, -0.2) is 19.7 Å². The van der Waals surface area contributed by atoms with E-state index < -0.39 is 11.7 Å². The number of ether oxygens (including phenoxy) is 1. The van der Waals surface area contributed by atoms with Gasteiger partial charge < -0.3 is 10.1 Å². The van der Waals surface area contributed by atoms with E-state index in [0.29, 0.717) is 30.1 Å². The van der Waals surface area contributed by atoms with Crippen LogP contribution in [-0.2, 0) is 6.18 Å². The smallest absolute Gasteiger partial charge is 0.416 e. The maximum absolute atomic E-state index is 12.5. The maximum atomic E-state index is 12.5. The minimum Gasteiger partial charge on any atom is -0.493 e. The molecule has 1 N–H and O–H groups in total. The van der Waals surface area contributed by atoms with Gasteiger partial charge in [-0.05, 0) is 43.1 Å². The van der Waals surface area contributed by atoms with Gasteiger partial charge in [0.1, 0.15) is 5.75 Å². The van der Waals surface area contributed by atoms with Crippen LogP contribution in [0.5, 0.6) is 5.75 Å². The molecule has 2 nitrogen and oxygen atoms in total. The van der Waals surface area contributed by atoms with E-state index in [1.807, 2.05) is 0 Å². The van der Waals surface area contributed by atoms with Crippen LogP contribution in [0.25, 0.3) is 0 Å². The van der Waals surface area contributed by atoms with Crippen LogP contribution < -0.4 is 10.1 Å². The van der Waals surface area contributed by atoms with Gasteiger partial charge in [0.2, 0.25) is 0 Å². The number of piperidine rings is 1. The molecule has 1 aromatic rings. The van der Waals surface area contributed by atoms with E-state index in [4.69, 9.17) is 4.74 Å². The molecule has 2 atom stereocenters. The lowest BCUT2D eigenvalue weighted by atomic mass is 10.2.